The maximum atomic E-state index is 12.5. The van der Waals surface area contributed by atoms with E-state index < -0.39 is 0 Å². The van der Waals surface area contributed by atoms with Crippen molar-refractivity contribution in [1.82, 2.24) is 9.80 Å². The maximum absolute atomic E-state index is 12.5. The lowest BCUT2D eigenvalue weighted by Crippen LogP contribution is -2.64. The molecule has 0 spiro atoms. The van der Waals surface area contributed by atoms with Crippen LogP contribution in [0, 0.1) is 5.92 Å². The van der Waals surface area contributed by atoms with E-state index in [1.54, 1.807) is 0 Å². The van der Waals surface area contributed by atoms with Crippen LogP contribution in [-0.2, 0) is 16.0 Å². The van der Waals surface area contributed by atoms with Crippen LogP contribution in [0.2, 0.25) is 0 Å². The summed E-state index contributed by atoms with van der Waals surface area (Å²) in [5.74, 6) is 0.988. The molecular weight excluding hydrogens is 324 g/mol. The van der Waals surface area contributed by atoms with Gasteiger partial charge in [0.1, 0.15) is 0 Å². The normalized spacial score (nSPS) is 19.2. The number of carbonyl (C=O) groups is 1. The highest BCUT2D eigenvalue weighted by atomic mass is 16.5. The van der Waals surface area contributed by atoms with Crippen LogP contribution in [0.3, 0.4) is 0 Å². The Balaban J connectivity index is 1.42. The second-order valence-electron chi connectivity index (χ2n) is 8.23. The fourth-order valence-electron chi connectivity index (χ4n) is 4.15. The monoisotopic (exact) mass is 358 g/mol. The molecule has 0 atom stereocenters. The standard InChI is InChI=1S/C22H34N2O2/c1-18(2)15-24(20-11-13-26-14-12-20)21-16-23(17-21)22(25)10-6-9-19-7-4-3-5-8-19/h3-5,7-8,18,20-21H,6,9-17H2,1-2H3. The summed E-state index contributed by atoms with van der Waals surface area (Å²) in [6.45, 7) is 9.30. The Kier molecular flexibility index (Phi) is 7.09. The van der Waals surface area contributed by atoms with Crippen molar-refractivity contribution in [2.45, 2.75) is 58.0 Å². The predicted octanol–water partition coefficient (Wildman–Crippen LogP) is 3.36. The zero-order valence-electron chi connectivity index (χ0n) is 16.4. The third-order valence-corrected chi connectivity index (χ3v) is 5.62. The zero-order chi connectivity index (χ0) is 18.4. The highest BCUT2D eigenvalue weighted by Crippen LogP contribution is 2.25. The number of benzene rings is 1. The first-order valence-electron chi connectivity index (χ1n) is 10.3. The average molecular weight is 359 g/mol. The molecule has 3 rings (SSSR count). The van der Waals surface area contributed by atoms with Crippen LogP contribution in [0.25, 0.3) is 0 Å². The smallest absolute Gasteiger partial charge is 0.222 e. The van der Waals surface area contributed by atoms with Crippen LogP contribution in [0.1, 0.15) is 45.1 Å². The van der Waals surface area contributed by atoms with Crippen LogP contribution in [-0.4, -0.2) is 60.6 Å². The van der Waals surface area contributed by atoms with Crippen molar-refractivity contribution < 1.29 is 9.53 Å². The van der Waals surface area contributed by atoms with Gasteiger partial charge in [0.15, 0.2) is 0 Å². The molecule has 2 aliphatic rings. The Hall–Kier alpha value is -1.39. The molecule has 144 valence electrons. The van der Waals surface area contributed by atoms with Crippen LogP contribution < -0.4 is 0 Å². The van der Waals surface area contributed by atoms with Crippen LogP contribution >= 0.6 is 0 Å². The summed E-state index contributed by atoms with van der Waals surface area (Å²) in [6.07, 6.45) is 4.87. The highest BCUT2D eigenvalue weighted by molar-refractivity contribution is 5.77. The van der Waals surface area contributed by atoms with E-state index in [-0.39, 0.29) is 0 Å². The molecule has 0 aromatic heterocycles. The summed E-state index contributed by atoms with van der Waals surface area (Å²) >= 11 is 0. The van der Waals surface area contributed by atoms with Gasteiger partial charge in [-0.25, -0.2) is 0 Å². The molecule has 0 aliphatic carbocycles. The van der Waals surface area contributed by atoms with Crippen LogP contribution in [0.4, 0.5) is 0 Å². The van der Waals surface area contributed by atoms with E-state index in [4.69, 9.17) is 4.74 Å². The first-order chi connectivity index (χ1) is 12.6. The number of nitrogens with zero attached hydrogens (tertiary/aromatic N) is 2. The molecule has 0 saturated carbocycles. The molecule has 2 fully saturated rings. The molecule has 0 radical (unpaired) electrons. The molecule has 1 aromatic carbocycles. The highest BCUT2D eigenvalue weighted by Gasteiger charge is 2.37. The predicted molar refractivity (Wildman–Crippen MR) is 105 cm³/mol. The molecule has 0 unspecified atom stereocenters. The fraction of sp³-hybridized carbons (Fsp3) is 0.682. The van der Waals surface area contributed by atoms with Crippen molar-refractivity contribution in [3.63, 3.8) is 0 Å². The number of ether oxygens (including phenoxy) is 1. The molecule has 0 bridgehead atoms. The third-order valence-electron chi connectivity index (χ3n) is 5.62. The molecular formula is C22H34N2O2. The molecule has 1 amide bonds. The molecule has 4 heteroatoms. The van der Waals surface area contributed by atoms with Gasteiger partial charge < -0.3 is 9.64 Å². The van der Waals surface area contributed by atoms with Crippen molar-refractivity contribution in [3.8, 4) is 0 Å². The summed E-state index contributed by atoms with van der Waals surface area (Å²) in [4.78, 5) is 17.2. The van der Waals surface area contributed by atoms with Gasteiger partial charge in [0.2, 0.25) is 5.91 Å². The first kappa shape index (κ1) is 19.4. The Labute approximate surface area is 158 Å². The van der Waals surface area contributed by atoms with Crippen LogP contribution in [0.15, 0.2) is 30.3 Å². The molecule has 4 nitrogen and oxygen atoms in total. The second-order valence-corrected chi connectivity index (χ2v) is 8.23. The second kappa shape index (κ2) is 9.52. The first-order valence-corrected chi connectivity index (χ1v) is 10.3. The molecule has 26 heavy (non-hydrogen) atoms. The van der Waals surface area contributed by atoms with Gasteiger partial charge in [-0.2, -0.15) is 0 Å². The van der Waals surface area contributed by atoms with E-state index in [2.05, 4.69) is 47.9 Å². The number of likely N-dealkylation sites (tertiary alicyclic amines) is 1. The lowest BCUT2D eigenvalue weighted by molar-refractivity contribution is -0.140. The Morgan fingerprint density at radius 2 is 1.85 bits per heavy atom. The number of hydrogen-bond donors (Lipinski definition) is 0. The minimum Gasteiger partial charge on any atom is -0.381 e. The van der Waals surface area contributed by atoms with Crippen molar-refractivity contribution >= 4 is 5.91 Å². The molecule has 0 N–H and O–H groups in total. The number of amides is 1. The number of aryl methyl sites for hydroxylation is 1. The van der Waals surface area contributed by atoms with Crippen molar-refractivity contribution in [2.24, 2.45) is 5.92 Å². The van der Waals surface area contributed by atoms with Crippen molar-refractivity contribution in [1.29, 1.82) is 0 Å². The summed E-state index contributed by atoms with van der Waals surface area (Å²) < 4.78 is 5.54. The van der Waals surface area contributed by atoms with Crippen LogP contribution in [0.5, 0.6) is 0 Å². The number of rotatable bonds is 8. The number of hydrogen-bond acceptors (Lipinski definition) is 3. The van der Waals surface area contributed by atoms with Crippen molar-refractivity contribution in [2.75, 3.05) is 32.8 Å². The fourth-order valence-corrected chi connectivity index (χ4v) is 4.15. The van der Waals surface area contributed by atoms with Gasteiger partial charge in [-0.3, -0.25) is 9.69 Å². The maximum Gasteiger partial charge on any atom is 0.222 e. The van der Waals surface area contributed by atoms with E-state index in [0.717, 1.165) is 58.5 Å². The van der Waals surface area contributed by atoms with Gasteiger partial charge in [-0.1, -0.05) is 44.2 Å². The molecule has 1 aromatic rings. The molecule has 2 saturated heterocycles. The summed E-state index contributed by atoms with van der Waals surface area (Å²) in [7, 11) is 0. The van der Waals surface area contributed by atoms with E-state index in [9.17, 15) is 4.79 Å². The van der Waals surface area contributed by atoms with Gasteiger partial charge >= 0.3 is 0 Å². The SMILES string of the molecule is CC(C)CN(C1CCOCC1)C1CN(C(=O)CCCc2ccccc2)C1. The Morgan fingerprint density at radius 3 is 2.50 bits per heavy atom. The summed E-state index contributed by atoms with van der Waals surface area (Å²) in [5, 5.41) is 0. The van der Waals surface area contributed by atoms with E-state index in [0.29, 0.717) is 30.3 Å². The average Bonchev–Trinajstić information content (AvgIpc) is 2.61. The Bertz CT molecular complexity index is 549. The quantitative estimate of drug-likeness (QED) is 0.714. The van der Waals surface area contributed by atoms with Gasteiger partial charge in [-0.15, -0.1) is 0 Å². The van der Waals surface area contributed by atoms with E-state index in [1.165, 1.54) is 5.56 Å². The minimum atomic E-state index is 0.327. The molecule has 2 heterocycles. The van der Waals surface area contributed by atoms with E-state index in [1.807, 2.05) is 6.07 Å². The summed E-state index contributed by atoms with van der Waals surface area (Å²) in [5.41, 5.74) is 1.32. The van der Waals surface area contributed by atoms with Gasteiger partial charge in [0.05, 0.1) is 0 Å². The molecule has 2 aliphatic heterocycles. The minimum absolute atomic E-state index is 0.327. The zero-order valence-corrected chi connectivity index (χ0v) is 16.4. The lowest BCUT2D eigenvalue weighted by atomic mass is 9.97. The largest absolute Gasteiger partial charge is 0.381 e. The topological polar surface area (TPSA) is 32.8 Å². The summed E-state index contributed by atoms with van der Waals surface area (Å²) in [6, 6.07) is 11.6. The number of carbonyl (C=O) groups excluding carboxylic acids is 1. The van der Waals surface area contributed by atoms with E-state index >= 15 is 0 Å². The third kappa shape index (κ3) is 5.31. The van der Waals surface area contributed by atoms with Gasteiger partial charge in [0, 0.05) is 51.4 Å². The van der Waals surface area contributed by atoms with Gasteiger partial charge in [-0.05, 0) is 37.2 Å². The Morgan fingerprint density at radius 1 is 1.15 bits per heavy atom. The lowest BCUT2D eigenvalue weighted by Gasteiger charge is -2.49. The van der Waals surface area contributed by atoms with Crippen molar-refractivity contribution in [3.05, 3.63) is 35.9 Å². The van der Waals surface area contributed by atoms with Gasteiger partial charge in [0.25, 0.3) is 0 Å².